The van der Waals surface area contributed by atoms with Crippen LogP contribution in [0.2, 0.25) is 0 Å². The molecular weight excluding hydrogens is 208 g/mol. The summed E-state index contributed by atoms with van der Waals surface area (Å²) in [6, 6.07) is 3.11. The number of hydrogen-bond donors (Lipinski definition) is 3. The number of H-pyrrole nitrogens is 1. The van der Waals surface area contributed by atoms with E-state index in [-0.39, 0.29) is 11.6 Å². The first kappa shape index (κ1) is 10.7. The molecule has 1 aromatic heterocycles. The van der Waals surface area contributed by atoms with Crippen LogP contribution >= 0.6 is 0 Å². The Labute approximate surface area is 92.8 Å². The number of aromatic nitrogens is 1. The van der Waals surface area contributed by atoms with Crippen LogP contribution in [0.4, 0.5) is 0 Å². The van der Waals surface area contributed by atoms with Gasteiger partial charge < -0.3 is 20.9 Å². The summed E-state index contributed by atoms with van der Waals surface area (Å²) in [6.07, 6.45) is 0. The van der Waals surface area contributed by atoms with E-state index in [0.717, 1.165) is 13.1 Å². The maximum absolute atomic E-state index is 12.0. The molecule has 0 aliphatic carbocycles. The van der Waals surface area contributed by atoms with E-state index in [1.165, 1.54) is 6.07 Å². The van der Waals surface area contributed by atoms with Gasteiger partial charge in [-0.05, 0) is 12.1 Å². The van der Waals surface area contributed by atoms with Crippen molar-refractivity contribution in [1.29, 1.82) is 0 Å². The molecule has 86 valence electrons. The van der Waals surface area contributed by atoms with Gasteiger partial charge in [-0.25, -0.2) is 0 Å². The quantitative estimate of drug-likeness (QED) is 0.609. The highest BCUT2D eigenvalue weighted by Crippen LogP contribution is 2.06. The Morgan fingerprint density at radius 3 is 2.38 bits per heavy atom. The van der Waals surface area contributed by atoms with Crippen LogP contribution in [-0.2, 0) is 0 Å². The highest BCUT2D eigenvalue weighted by atomic mass is 16.2. The number of piperazine rings is 1. The zero-order valence-electron chi connectivity index (χ0n) is 8.82. The first-order valence-corrected chi connectivity index (χ1v) is 5.17. The molecule has 1 fully saturated rings. The van der Waals surface area contributed by atoms with Crippen LogP contribution in [0.15, 0.2) is 12.1 Å². The van der Waals surface area contributed by atoms with Crippen LogP contribution in [0.5, 0.6) is 0 Å². The van der Waals surface area contributed by atoms with Gasteiger partial charge in [-0.3, -0.25) is 9.59 Å². The number of carbonyl (C=O) groups excluding carboxylic acids is 2. The number of carbonyl (C=O) groups is 2. The van der Waals surface area contributed by atoms with Crippen molar-refractivity contribution in [3.05, 3.63) is 23.5 Å². The Balaban J connectivity index is 2.10. The molecule has 4 N–H and O–H groups in total. The van der Waals surface area contributed by atoms with E-state index in [1.807, 2.05) is 0 Å². The van der Waals surface area contributed by atoms with Crippen LogP contribution in [0, 0.1) is 0 Å². The maximum Gasteiger partial charge on any atom is 0.270 e. The molecule has 1 saturated heterocycles. The van der Waals surface area contributed by atoms with Crippen LogP contribution in [0.1, 0.15) is 21.0 Å². The molecule has 6 nitrogen and oxygen atoms in total. The van der Waals surface area contributed by atoms with Gasteiger partial charge in [0.25, 0.3) is 11.8 Å². The number of rotatable bonds is 2. The average Bonchev–Trinajstić information content (AvgIpc) is 2.78. The number of nitrogens with zero attached hydrogens (tertiary/aromatic N) is 1. The van der Waals surface area contributed by atoms with Crippen molar-refractivity contribution in [3.63, 3.8) is 0 Å². The third-order valence-corrected chi connectivity index (χ3v) is 2.59. The van der Waals surface area contributed by atoms with Gasteiger partial charge >= 0.3 is 0 Å². The summed E-state index contributed by atoms with van der Waals surface area (Å²) in [5.41, 5.74) is 5.78. The summed E-state index contributed by atoms with van der Waals surface area (Å²) < 4.78 is 0. The van der Waals surface area contributed by atoms with Crippen molar-refractivity contribution < 1.29 is 9.59 Å². The molecule has 2 amide bonds. The summed E-state index contributed by atoms with van der Waals surface area (Å²) in [5.74, 6) is -0.645. The van der Waals surface area contributed by atoms with Crippen molar-refractivity contribution in [1.82, 2.24) is 15.2 Å². The molecule has 1 aliphatic heterocycles. The predicted molar refractivity (Wildman–Crippen MR) is 58.1 cm³/mol. The Bertz CT molecular complexity index is 407. The van der Waals surface area contributed by atoms with E-state index in [4.69, 9.17) is 5.73 Å². The lowest BCUT2D eigenvalue weighted by Crippen LogP contribution is -2.46. The molecule has 0 saturated carbocycles. The zero-order valence-corrected chi connectivity index (χ0v) is 8.82. The first-order valence-electron chi connectivity index (χ1n) is 5.17. The van der Waals surface area contributed by atoms with E-state index < -0.39 is 5.91 Å². The van der Waals surface area contributed by atoms with Gasteiger partial charge in [0, 0.05) is 26.2 Å². The van der Waals surface area contributed by atoms with Crippen molar-refractivity contribution in [2.24, 2.45) is 5.73 Å². The third-order valence-electron chi connectivity index (χ3n) is 2.59. The standard InChI is InChI=1S/C10H14N4O2/c11-9(15)7-1-2-8(13-7)10(16)14-5-3-12-4-6-14/h1-2,12-13H,3-6H2,(H2,11,15). The van der Waals surface area contributed by atoms with Gasteiger partial charge in [0.05, 0.1) is 0 Å². The lowest BCUT2D eigenvalue weighted by Gasteiger charge is -2.26. The Morgan fingerprint density at radius 2 is 1.81 bits per heavy atom. The summed E-state index contributed by atoms with van der Waals surface area (Å²) in [4.78, 5) is 27.3. The third kappa shape index (κ3) is 2.06. The minimum absolute atomic E-state index is 0.0889. The molecule has 1 aromatic rings. The molecule has 0 aromatic carbocycles. The van der Waals surface area contributed by atoms with Gasteiger partial charge in [-0.15, -0.1) is 0 Å². The first-order chi connectivity index (χ1) is 7.68. The molecule has 6 heteroatoms. The molecular formula is C10H14N4O2. The molecule has 2 rings (SSSR count). The van der Waals surface area contributed by atoms with Gasteiger partial charge in [-0.2, -0.15) is 0 Å². The van der Waals surface area contributed by atoms with Crippen molar-refractivity contribution in [2.75, 3.05) is 26.2 Å². The zero-order chi connectivity index (χ0) is 11.5. The highest BCUT2D eigenvalue weighted by Gasteiger charge is 2.19. The van der Waals surface area contributed by atoms with Crippen LogP contribution in [-0.4, -0.2) is 47.9 Å². The molecule has 0 unspecified atom stereocenters. The van der Waals surface area contributed by atoms with E-state index in [0.29, 0.717) is 18.8 Å². The van der Waals surface area contributed by atoms with Gasteiger partial charge in [0.1, 0.15) is 11.4 Å². The molecule has 0 atom stereocenters. The lowest BCUT2D eigenvalue weighted by atomic mass is 10.3. The van der Waals surface area contributed by atoms with E-state index >= 15 is 0 Å². The summed E-state index contributed by atoms with van der Waals surface area (Å²) >= 11 is 0. The molecule has 0 bridgehead atoms. The minimum atomic E-state index is -0.556. The lowest BCUT2D eigenvalue weighted by molar-refractivity contribution is 0.0730. The Morgan fingerprint density at radius 1 is 1.19 bits per heavy atom. The summed E-state index contributed by atoms with van der Waals surface area (Å²) in [5, 5.41) is 3.17. The van der Waals surface area contributed by atoms with Crippen LogP contribution in [0.25, 0.3) is 0 Å². The number of primary amides is 1. The smallest absolute Gasteiger partial charge is 0.270 e. The summed E-state index contributed by atoms with van der Waals surface area (Å²) in [6.45, 7) is 2.97. The largest absolute Gasteiger partial charge is 0.364 e. The minimum Gasteiger partial charge on any atom is -0.364 e. The van der Waals surface area contributed by atoms with E-state index in [2.05, 4.69) is 10.3 Å². The SMILES string of the molecule is NC(=O)c1ccc(C(=O)N2CCNCC2)[nH]1. The maximum atomic E-state index is 12.0. The highest BCUT2D eigenvalue weighted by molar-refractivity contribution is 5.96. The number of nitrogens with two attached hydrogens (primary N) is 1. The number of aromatic amines is 1. The second-order valence-corrected chi connectivity index (χ2v) is 3.69. The molecule has 16 heavy (non-hydrogen) atoms. The number of nitrogens with one attached hydrogen (secondary N) is 2. The van der Waals surface area contributed by atoms with Crippen molar-refractivity contribution in [3.8, 4) is 0 Å². The fourth-order valence-corrected chi connectivity index (χ4v) is 1.70. The molecule has 1 aliphatic rings. The molecule has 0 spiro atoms. The predicted octanol–water partition coefficient (Wildman–Crippen LogP) is -0.841. The number of amides is 2. The topological polar surface area (TPSA) is 91.2 Å². The second kappa shape index (κ2) is 4.36. The molecule has 0 radical (unpaired) electrons. The average molecular weight is 222 g/mol. The van der Waals surface area contributed by atoms with Crippen molar-refractivity contribution in [2.45, 2.75) is 0 Å². The fourth-order valence-electron chi connectivity index (χ4n) is 1.70. The second-order valence-electron chi connectivity index (χ2n) is 3.69. The van der Waals surface area contributed by atoms with Gasteiger partial charge in [-0.1, -0.05) is 0 Å². The normalized spacial score (nSPS) is 16.1. The molecule has 2 heterocycles. The van der Waals surface area contributed by atoms with Crippen LogP contribution in [0.3, 0.4) is 0 Å². The number of hydrogen-bond acceptors (Lipinski definition) is 3. The van der Waals surface area contributed by atoms with E-state index in [9.17, 15) is 9.59 Å². The van der Waals surface area contributed by atoms with E-state index in [1.54, 1.807) is 11.0 Å². The fraction of sp³-hybridized carbons (Fsp3) is 0.400. The monoisotopic (exact) mass is 222 g/mol. The van der Waals surface area contributed by atoms with Gasteiger partial charge in [0.15, 0.2) is 0 Å². The Kier molecular flexibility index (Phi) is 2.91. The Hall–Kier alpha value is -1.82. The van der Waals surface area contributed by atoms with Crippen LogP contribution < -0.4 is 11.1 Å². The summed E-state index contributed by atoms with van der Waals surface area (Å²) in [7, 11) is 0. The van der Waals surface area contributed by atoms with Gasteiger partial charge in [0.2, 0.25) is 0 Å². The van der Waals surface area contributed by atoms with Crippen molar-refractivity contribution >= 4 is 11.8 Å².